The van der Waals surface area contributed by atoms with Crippen LogP contribution in [0.3, 0.4) is 0 Å². The Morgan fingerprint density at radius 2 is 1.31 bits per heavy atom. The molecule has 6 atom stereocenters. The van der Waals surface area contributed by atoms with Crippen molar-refractivity contribution in [3.05, 3.63) is 11.4 Å². The number of rotatable bonds is 11. The highest BCUT2D eigenvalue weighted by Gasteiger charge is 2.39. The summed E-state index contributed by atoms with van der Waals surface area (Å²) < 4.78 is 13.5. The monoisotopic (exact) mass is 536 g/mol. The van der Waals surface area contributed by atoms with E-state index in [4.69, 9.17) is 9.08 Å². The summed E-state index contributed by atoms with van der Waals surface area (Å²) in [5.41, 5.74) is 0. The highest BCUT2D eigenvalue weighted by molar-refractivity contribution is 8.04. The lowest BCUT2D eigenvalue weighted by atomic mass is 9.49. The molecule has 2 aliphatic rings. The molecule has 0 aliphatic heterocycles. The average Bonchev–Trinajstić information content (AvgIpc) is 2.70. The van der Waals surface area contributed by atoms with Crippen molar-refractivity contribution in [1.29, 1.82) is 0 Å². The van der Waals surface area contributed by atoms with E-state index in [1.165, 1.54) is 51.2 Å². The fraction of sp³-hybridized carbons (Fsp3) is 0.935. The summed E-state index contributed by atoms with van der Waals surface area (Å²) in [4.78, 5) is 0. The minimum absolute atomic E-state index is 0.0961. The summed E-state index contributed by atoms with van der Waals surface area (Å²) in [6.45, 7) is 28.6. The molecule has 0 N–H and O–H groups in total. The molecule has 0 heterocycles. The molecule has 0 bridgehead atoms. The van der Waals surface area contributed by atoms with Crippen molar-refractivity contribution in [3.8, 4) is 0 Å². The van der Waals surface area contributed by atoms with Crippen molar-refractivity contribution in [1.82, 2.24) is 0 Å². The largest absolute Gasteiger partial charge is 0.554 e. The zero-order valence-electron chi connectivity index (χ0n) is 26.2. The number of thioether (sulfide) groups is 1. The van der Waals surface area contributed by atoms with Gasteiger partial charge in [-0.3, -0.25) is 0 Å². The highest BCUT2D eigenvalue weighted by Crippen LogP contribution is 2.45. The zero-order valence-corrected chi connectivity index (χ0v) is 28.0. The normalized spacial score (nSPS) is 30.6. The lowest BCUT2D eigenvalue weighted by Gasteiger charge is -2.41. The molecule has 0 saturated heterocycles. The fourth-order valence-corrected chi connectivity index (χ4v) is 8.41. The maximum atomic E-state index is 7.08. The molecule has 210 valence electrons. The molecule has 0 aromatic rings. The van der Waals surface area contributed by atoms with Gasteiger partial charge in [0.05, 0.1) is 0 Å². The summed E-state index contributed by atoms with van der Waals surface area (Å²) in [5.74, 6) is 6.42. The van der Waals surface area contributed by atoms with Crippen LogP contribution in [0.2, 0.25) is 32.3 Å². The topological polar surface area (TPSA) is 18.5 Å². The van der Waals surface area contributed by atoms with Crippen LogP contribution >= 0.6 is 11.8 Å². The Morgan fingerprint density at radius 3 is 1.67 bits per heavy atom. The van der Waals surface area contributed by atoms with Gasteiger partial charge in [0.25, 0.3) is 0 Å². The van der Waals surface area contributed by atoms with E-state index >= 15 is 0 Å². The molecule has 2 rings (SSSR count). The van der Waals surface area contributed by atoms with Crippen molar-refractivity contribution in [2.75, 3.05) is 0 Å². The Labute approximate surface area is 232 Å². The van der Waals surface area contributed by atoms with Crippen molar-refractivity contribution in [2.24, 2.45) is 47.3 Å². The first-order valence-corrected chi connectivity index (χ1v) is 19.5. The maximum absolute atomic E-state index is 7.08. The van der Waals surface area contributed by atoms with E-state index < -0.39 is 8.32 Å². The first-order chi connectivity index (χ1) is 16.5. The number of hydrogen-bond donors (Lipinski definition) is 0. The Bertz CT molecular complexity index is 647. The van der Waals surface area contributed by atoms with Crippen molar-refractivity contribution >= 4 is 27.0 Å². The van der Waals surface area contributed by atoms with E-state index in [1.807, 2.05) is 18.0 Å². The molecule has 2 fully saturated rings. The van der Waals surface area contributed by atoms with Crippen LogP contribution in [0.5, 0.6) is 0 Å². The van der Waals surface area contributed by atoms with Crippen LogP contribution in [0.25, 0.3) is 0 Å². The summed E-state index contributed by atoms with van der Waals surface area (Å²) in [6, 6.07) is 0. The van der Waals surface area contributed by atoms with Crippen LogP contribution in [-0.4, -0.2) is 20.0 Å². The van der Waals surface area contributed by atoms with E-state index in [-0.39, 0.29) is 11.7 Å². The summed E-state index contributed by atoms with van der Waals surface area (Å²) in [5, 5.41) is 1.00. The zero-order chi connectivity index (χ0) is 27.3. The standard InChI is InChI=1S/C31H61BO2SSi/c1-22(2)28-15-13-24(5)17-26(28)19-32(20-27-18-25(6)14-16-29(27)23(3)4)34-30(35-31(7,8)9)21-33-36(10,11)12/h21-29H,13-20H2,1-12H3/b30-21-/t24-,25-,26-,27-,28+,29+/m0/s1. The molecular formula is C31H61BO2SSi. The van der Waals surface area contributed by atoms with Crippen LogP contribution in [0.1, 0.15) is 101 Å². The molecule has 2 nitrogen and oxygen atoms in total. The molecule has 5 heteroatoms. The van der Waals surface area contributed by atoms with Gasteiger partial charge >= 0.3 is 6.92 Å². The summed E-state index contributed by atoms with van der Waals surface area (Å²) >= 11 is 1.85. The SMILES string of the molecule is CC(C)[C@H]1CC[C@H](C)C[C@H]1CB(C[C@@H]1C[C@@H](C)CC[C@@H]1C(C)C)O/C(=C/O[Si](C)(C)C)SC(C)(C)C. The Hall–Kier alpha value is -0.0282. The van der Waals surface area contributed by atoms with Gasteiger partial charge in [0.1, 0.15) is 6.26 Å². The van der Waals surface area contributed by atoms with Gasteiger partial charge < -0.3 is 9.08 Å². The van der Waals surface area contributed by atoms with E-state index in [1.54, 1.807) is 0 Å². The Balaban J connectivity index is 2.34. The lowest BCUT2D eigenvalue weighted by Crippen LogP contribution is -2.36. The van der Waals surface area contributed by atoms with Crippen molar-refractivity contribution in [3.63, 3.8) is 0 Å². The molecule has 0 radical (unpaired) electrons. The molecule has 0 spiro atoms. The molecule has 0 unspecified atom stereocenters. The Morgan fingerprint density at radius 1 is 0.861 bits per heavy atom. The van der Waals surface area contributed by atoms with Gasteiger partial charge in [-0.15, -0.1) is 0 Å². The quantitative estimate of drug-likeness (QED) is 0.193. The molecule has 36 heavy (non-hydrogen) atoms. The first kappa shape index (κ1) is 32.2. The van der Waals surface area contributed by atoms with Gasteiger partial charge in [-0.2, -0.15) is 0 Å². The van der Waals surface area contributed by atoms with Crippen molar-refractivity contribution < 1.29 is 9.08 Å². The third-order valence-corrected chi connectivity index (χ3v) is 10.5. The molecule has 0 amide bonds. The second-order valence-corrected chi connectivity index (χ2v) is 21.6. The first-order valence-electron chi connectivity index (χ1n) is 15.3. The fourth-order valence-electron chi connectivity index (χ4n) is 6.98. The van der Waals surface area contributed by atoms with Crippen LogP contribution in [0.4, 0.5) is 0 Å². The van der Waals surface area contributed by atoms with Crippen LogP contribution < -0.4 is 0 Å². The van der Waals surface area contributed by atoms with Gasteiger partial charge in [0, 0.05) is 4.75 Å². The van der Waals surface area contributed by atoms with Crippen molar-refractivity contribution in [2.45, 2.75) is 138 Å². The van der Waals surface area contributed by atoms with Gasteiger partial charge in [0.15, 0.2) is 5.09 Å². The van der Waals surface area contributed by atoms with E-state index in [0.717, 1.165) is 52.4 Å². The third-order valence-electron chi connectivity index (χ3n) is 8.65. The second kappa shape index (κ2) is 13.9. The highest BCUT2D eigenvalue weighted by atomic mass is 32.2. The molecular weight excluding hydrogens is 475 g/mol. The molecule has 0 aromatic heterocycles. The maximum Gasteiger partial charge on any atom is 0.359 e. The lowest BCUT2D eigenvalue weighted by molar-refractivity contribution is 0.146. The second-order valence-electron chi connectivity index (χ2n) is 15.3. The van der Waals surface area contributed by atoms with E-state index in [2.05, 4.69) is 82.0 Å². The van der Waals surface area contributed by atoms with Gasteiger partial charge in [-0.05, 0) is 105 Å². The predicted octanol–water partition coefficient (Wildman–Crippen LogP) is 10.6. The minimum atomic E-state index is -1.67. The predicted molar refractivity (Wildman–Crippen MR) is 166 cm³/mol. The van der Waals surface area contributed by atoms with Gasteiger partial charge in [-0.1, -0.05) is 86.9 Å². The molecule has 2 aliphatic carbocycles. The number of hydrogen-bond acceptors (Lipinski definition) is 3. The Kier molecular flexibility index (Phi) is 12.4. The third kappa shape index (κ3) is 11.4. The van der Waals surface area contributed by atoms with E-state index in [9.17, 15) is 0 Å². The average molecular weight is 537 g/mol. The summed E-state index contributed by atoms with van der Waals surface area (Å²) in [7, 11) is -1.67. The van der Waals surface area contributed by atoms with Gasteiger partial charge in [0.2, 0.25) is 8.32 Å². The molecule has 2 saturated carbocycles. The van der Waals surface area contributed by atoms with Crippen LogP contribution in [-0.2, 0) is 9.08 Å². The summed E-state index contributed by atoms with van der Waals surface area (Å²) in [6.07, 6.45) is 12.7. The van der Waals surface area contributed by atoms with E-state index in [0.29, 0.717) is 0 Å². The van der Waals surface area contributed by atoms with Crippen LogP contribution in [0.15, 0.2) is 11.4 Å². The minimum Gasteiger partial charge on any atom is -0.554 e. The smallest absolute Gasteiger partial charge is 0.359 e. The van der Waals surface area contributed by atoms with Gasteiger partial charge in [-0.25, -0.2) is 0 Å². The van der Waals surface area contributed by atoms with Crippen LogP contribution in [0, 0.1) is 47.3 Å². The molecule has 0 aromatic carbocycles.